The van der Waals surface area contributed by atoms with Crippen molar-refractivity contribution < 1.29 is 33.0 Å². The highest BCUT2D eigenvalue weighted by Crippen LogP contribution is 2.40. The molecule has 160 valence electrons. The summed E-state index contributed by atoms with van der Waals surface area (Å²) in [4.78, 5) is 22.8. The second-order valence-corrected chi connectivity index (χ2v) is 9.20. The van der Waals surface area contributed by atoms with Gasteiger partial charge in [0.05, 0.1) is 23.7 Å². The maximum atomic E-state index is 12.8. The number of carbonyl (C=O) groups is 2. The number of aryl methyl sites for hydroxylation is 1. The van der Waals surface area contributed by atoms with E-state index in [2.05, 4.69) is 4.72 Å². The van der Waals surface area contributed by atoms with Crippen molar-refractivity contribution >= 4 is 22.0 Å². The minimum atomic E-state index is -4.23. The minimum absolute atomic E-state index is 0.0913. The molecule has 30 heavy (non-hydrogen) atoms. The second-order valence-electron chi connectivity index (χ2n) is 7.55. The first-order valence-corrected chi connectivity index (χ1v) is 10.8. The lowest BCUT2D eigenvalue weighted by atomic mass is 9.69. The molecule has 1 aliphatic rings. The van der Waals surface area contributed by atoms with Crippen molar-refractivity contribution in [2.45, 2.75) is 36.8 Å². The molecule has 0 unspecified atom stereocenters. The molecule has 0 radical (unpaired) electrons. The molecule has 1 aliphatic carbocycles. The molecule has 0 saturated heterocycles. The third-order valence-corrected chi connectivity index (χ3v) is 6.88. The monoisotopic (exact) mass is 433 g/mol. The number of carboxylic acid groups (broad SMARTS) is 2. The molecule has 0 amide bonds. The van der Waals surface area contributed by atoms with Gasteiger partial charge in [0.25, 0.3) is 0 Å². The minimum Gasteiger partial charge on any atom is -0.480 e. The highest BCUT2D eigenvalue weighted by atomic mass is 32.2. The molecule has 0 heterocycles. The first-order chi connectivity index (χ1) is 14.1. The lowest BCUT2D eigenvalue weighted by Gasteiger charge is -2.44. The predicted molar refractivity (Wildman–Crippen MR) is 108 cm³/mol. The van der Waals surface area contributed by atoms with Crippen molar-refractivity contribution in [1.82, 2.24) is 4.72 Å². The first kappa shape index (κ1) is 21.9. The molecule has 0 aliphatic heterocycles. The third kappa shape index (κ3) is 4.69. The zero-order valence-electron chi connectivity index (χ0n) is 16.4. The summed E-state index contributed by atoms with van der Waals surface area (Å²) in [7, 11) is -4.23. The normalized spacial score (nSPS) is 21.0. The number of carboxylic acids is 2. The van der Waals surface area contributed by atoms with E-state index in [0.717, 1.165) is 11.6 Å². The predicted octanol–water partition coefficient (Wildman–Crippen LogP) is 2.42. The molecule has 3 N–H and O–H groups in total. The Bertz CT molecular complexity index is 1040. The fraction of sp³-hybridized carbons (Fsp3) is 0.333. The molecule has 2 aromatic rings. The molecular weight excluding hydrogens is 410 g/mol. The first-order valence-electron chi connectivity index (χ1n) is 9.36. The van der Waals surface area contributed by atoms with Gasteiger partial charge < -0.3 is 14.9 Å². The fourth-order valence-corrected chi connectivity index (χ4v) is 5.25. The quantitative estimate of drug-likeness (QED) is 0.554. The Morgan fingerprint density at radius 1 is 1.13 bits per heavy atom. The summed E-state index contributed by atoms with van der Waals surface area (Å²) < 4.78 is 33.6. The van der Waals surface area contributed by atoms with Crippen LogP contribution >= 0.6 is 0 Å². The second kappa shape index (κ2) is 8.55. The van der Waals surface area contributed by atoms with E-state index in [0.29, 0.717) is 18.8 Å². The van der Waals surface area contributed by atoms with Gasteiger partial charge in [-0.05, 0) is 48.9 Å². The molecule has 8 nitrogen and oxygen atoms in total. The number of aromatic carboxylic acids is 1. The molecule has 3 rings (SSSR count). The summed E-state index contributed by atoms with van der Waals surface area (Å²) in [5.41, 5.74) is -0.497. The Labute approximate surface area is 174 Å². The number of ether oxygens (including phenoxy) is 1. The molecule has 0 atom stereocenters. The van der Waals surface area contributed by atoms with Crippen LogP contribution in [0.3, 0.4) is 0 Å². The number of hydrogen-bond donors (Lipinski definition) is 3. The molecule has 2 aromatic carbocycles. The number of rotatable bonds is 9. The summed E-state index contributed by atoms with van der Waals surface area (Å²) in [5.74, 6) is -2.63. The molecule has 1 fully saturated rings. The Morgan fingerprint density at radius 3 is 2.40 bits per heavy atom. The number of aliphatic carboxylic acids is 1. The number of nitrogens with one attached hydrogen (secondary N) is 1. The smallest absolute Gasteiger partial charge is 0.335 e. The highest BCUT2D eigenvalue weighted by molar-refractivity contribution is 7.89. The van der Waals surface area contributed by atoms with Crippen LogP contribution in [0.1, 0.15) is 34.3 Å². The van der Waals surface area contributed by atoms with Crippen LogP contribution in [0.5, 0.6) is 0 Å². The van der Waals surface area contributed by atoms with E-state index in [1.165, 1.54) is 19.1 Å². The SMILES string of the molecule is Cc1ccc(C(=O)O)cc1S(=O)(=O)NC1(C(=O)O)CC(COCc2ccccc2)C1. The average molecular weight is 433 g/mol. The van der Waals surface area contributed by atoms with Gasteiger partial charge in [-0.25, -0.2) is 13.2 Å². The fourth-order valence-electron chi connectivity index (χ4n) is 3.60. The van der Waals surface area contributed by atoms with E-state index in [4.69, 9.17) is 9.84 Å². The number of hydrogen-bond acceptors (Lipinski definition) is 5. The molecule has 0 aromatic heterocycles. The summed E-state index contributed by atoms with van der Waals surface area (Å²) >= 11 is 0. The van der Waals surface area contributed by atoms with Crippen molar-refractivity contribution in [3.63, 3.8) is 0 Å². The van der Waals surface area contributed by atoms with Gasteiger partial charge in [0.2, 0.25) is 10.0 Å². The molecular formula is C21H23NO7S. The largest absolute Gasteiger partial charge is 0.480 e. The van der Waals surface area contributed by atoms with Crippen LogP contribution in [0.25, 0.3) is 0 Å². The zero-order valence-corrected chi connectivity index (χ0v) is 17.2. The van der Waals surface area contributed by atoms with Crippen LogP contribution in [-0.4, -0.2) is 42.7 Å². The Morgan fingerprint density at radius 2 is 1.80 bits per heavy atom. The van der Waals surface area contributed by atoms with E-state index in [-0.39, 0.29) is 29.2 Å². The van der Waals surface area contributed by atoms with Gasteiger partial charge in [0, 0.05) is 0 Å². The van der Waals surface area contributed by atoms with E-state index in [9.17, 15) is 23.1 Å². The zero-order chi connectivity index (χ0) is 21.9. The van der Waals surface area contributed by atoms with Crippen LogP contribution in [0.2, 0.25) is 0 Å². The maximum absolute atomic E-state index is 12.8. The molecule has 9 heteroatoms. The number of benzene rings is 2. The van der Waals surface area contributed by atoms with E-state index in [1.807, 2.05) is 30.3 Å². The summed E-state index contributed by atoms with van der Waals surface area (Å²) in [6.45, 7) is 2.23. The summed E-state index contributed by atoms with van der Waals surface area (Å²) in [5, 5.41) is 18.8. The van der Waals surface area contributed by atoms with Gasteiger partial charge in [0.15, 0.2) is 0 Å². The number of sulfonamides is 1. The van der Waals surface area contributed by atoms with Crippen molar-refractivity contribution in [3.8, 4) is 0 Å². The van der Waals surface area contributed by atoms with E-state index in [1.54, 1.807) is 0 Å². The molecule has 0 bridgehead atoms. The van der Waals surface area contributed by atoms with Crippen LogP contribution in [0.4, 0.5) is 0 Å². The lowest BCUT2D eigenvalue weighted by molar-refractivity contribution is -0.151. The average Bonchev–Trinajstić information content (AvgIpc) is 2.66. The van der Waals surface area contributed by atoms with Crippen LogP contribution in [-0.2, 0) is 26.2 Å². The summed E-state index contributed by atoms with van der Waals surface area (Å²) in [6.07, 6.45) is 0.183. The third-order valence-electron chi connectivity index (χ3n) is 5.20. The van der Waals surface area contributed by atoms with E-state index < -0.39 is 27.5 Å². The Hall–Kier alpha value is -2.75. The Balaban J connectivity index is 1.67. The van der Waals surface area contributed by atoms with Gasteiger partial charge in [-0.15, -0.1) is 0 Å². The van der Waals surface area contributed by atoms with Crippen molar-refractivity contribution in [3.05, 3.63) is 65.2 Å². The van der Waals surface area contributed by atoms with Crippen molar-refractivity contribution in [2.75, 3.05) is 6.61 Å². The van der Waals surface area contributed by atoms with Crippen LogP contribution in [0.15, 0.2) is 53.4 Å². The summed E-state index contributed by atoms with van der Waals surface area (Å²) in [6, 6.07) is 13.3. The topological polar surface area (TPSA) is 130 Å². The molecule has 1 saturated carbocycles. The Kier molecular flexibility index (Phi) is 6.25. The molecule has 0 spiro atoms. The van der Waals surface area contributed by atoms with Gasteiger partial charge in [-0.3, -0.25) is 4.79 Å². The van der Waals surface area contributed by atoms with Gasteiger partial charge in [-0.1, -0.05) is 36.4 Å². The van der Waals surface area contributed by atoms with Crippen molar-refractivity contribution in [2.24, 2.45) is 5.92 Å². The van der Waals surface area contributed by atoms with E-state index >= 15 is 0 Å². The highest BCUT2D eigenvalue weighted by Gasteiger charge is 2.53. The lowest BCUT2D eigenvalue weighted by Crippen LogP contribution is -2.63. The van der Waals surface area contributed by atoms with Gasteiger partial charge >= 0.3 is 11.9 Å². The van der Waals surface area contributed by atoms with Crippen LogP contribution in [0, 0.1) is 12.8 Å². The maximum Gasteiger partial charge on any atom is 0.335 e. The standard InChI is InChI=1S/C21H23NO7S/c1-14-7-8-17(19(23)24)9-18(14)30(27,28)22-21(20(25)26)10-16(11-21)13-29-12-15-5-3-2-4-6-15/h2-9,16,22H,10-13H2,1H3,(H,23,24)(H,25,26). The van der Waals surface area contributed by atoms with Gasteiger partial charge in [0.1, 0.15) is 5.54 Å². The van der Waals surface area contributed by atoms with Gasteiger partial charge in [-0.2, -0.15) is 4.72 Å². The van der Waals surface area contributed by atoms with Crippen LogP contribution < -0.4 is 4.72 Å². The van der Waals surface area contributed by atoms with Crippen molar-refractivity contribution in [1.29, 1.82) is 0 Å².